The number of benzene rings is 4. The third kappa shape index (κ3) is 5.43. The fourth-order valence-electron chi connectivity index (χ4n) is 4.66. The van der Waals surface area contributed by atoms with Crippen LogP contribution in [0.4, 0.5) is 11.4 Å². The summed E-state index contributed by atoms with van der Waals surface area (Å²) in [5.74, 6) is -1.36. The normalized spacial score (nSPS) is 10.7. The molecular weight excluding hydrogens is 532 g/mol. The average molecular weight is 555 g/mol. The number of para-hydroxylation sites is 1. The first-order chi connectivity index (χ1) is 20.5. The van der Waals surface area contributed by atoms with Crippen molar-refractivity contribution < 1.29 is 14.1 Å². The van der Waals surface area contributed by atoms with Crippen molar-refractivity contribution in [3.63, 3.8) is 0 Å². The van der Waals surface area contributed by atoms with Gasteiger partial charge in [-0.05, 0) is 47.0 Å². The summed E-state index contributed by atoms with van der Waals surface area (Å²) >= 11 is 0. The van der Waals surface area contributed by atoms with Gasteiger partial charge in [-0.3, -0.25) is 19.1 Å². The molecule has 4 N–H and O–H groups in total. The van der Waals surface area contributed by atoms with E-state index in [-0.39, 0.29) is 23.8 Å². The number of hydrogen-bond donors (Lipinski definition) is 4. The maximum Gasteiger partial charge on any atom is 0.439 e. The van der Waals surface area contributed by atoms with Crippen LogP contribution in [-0.4, -0.2) is 26.9 Å². The van der Waals surface area contributed by atoms with Crippen molar-refractivity contribution >= 4 is 34.1 Å². The summed E-state index contributed by atoms with van der Waals surface area (Å²) in [4.78, 5) is 43.1. The number of amides is 2. The third-order valence-corrected chi connectivity index (χ3v) is 6.69. The zero-order chi connectivity index (χ0) is 29.1. The first-order valence-electron chi connectivity index (χ1n) is 12.9. The summed E-state index contributed by atoms with van der Waals surface area (Å²) in [7, 11) is 0. The highest BCUT2D eigenvalue weighted by atomic mass is 16.5. The highest BCUT2D eigenvalue weighted by Crippen LogP contribution is 2.28. The Bertz CT molecular complexity index is 2030. The first kappa shape index (κ1) is 26.0. The summed E-state index contributed by atoms with van der Waals surface area (Å²) < 4.78 is 4.59. The second-order valence-corrected chi connectivity index (χ2v) is 9.51. The van der Waals surface area contributed by atoms with E-state index in [0.29, 0.717) is 28.0 Å². The van der Waals surface area contributed by atoms with E-state index in [2.05, 4.69) is 30.3 Å². The van der Waals surface area contributed by atoms with Crippen LogP contribution >= 0.6 is 0 Å². The van der Waals surface area contributed by atoms with Gasteiger partial charge >= 0.3 is 5.76 Å². The van der Waals surface area contributed by atoms with Gasteiger partial charge in [-0.15, -0.1) is 0 Å². The molecular formula is C32H22N6O4. The van der Waals surface area contributed by atoms with Crippen LogP contribution < -0.4 is 16.4 Å². The molecule has 0 bridgehead atoms. The number of nitrogens with one attached hydrogen (secondary N) is 4. The number of nitriles is 1. The van der Waals surface area contributed by atoms with Crippen LogP contribution in [-0.2, 0) is 11.2 Å². The molecule has 0 fully saturated rings. The maximum absolute atomic E-state index is 13.2. The van der Waals surface area contributed by atoms with Crippen LogP contribution in [0.2, 0.25) is 0 Å². The Balaban J connectivity index is 1.19. The number of anilines is 2. The van der Waals surface area contributed by atoms with E-state index in [1.807, 2.05) is 66.7 Å². The minimum Gasteiger partial charge on any atom is -0.349 e. The number of fused-ring (bicyclic) bond motifs is 1. The molecule has 0 unspecified atom stereocenters. The second-order valence-electron chi connectivity index (χ2n) is 9.51. The van der Waals surface area contributed by atoms with Crippen LogP contribution in [0.25, 0.3) is 33.4 Å². The molecule has 0 atom stereocenters. The van der Waals surface area contributed by atoms with Crippen molar-refractivity contribution in [3.8, 4) is 28.6 Å². The summed E-state index contributed by atoms with van der Waals surface area (Å²) in [6, 6.07) is 31.5. The quantitative estimate of drug-likeness (QED) is 0.205. The lowest BCUT2D eigenvalue weighted by Gasteiger charge is -2.09. The number of aromatic nitrogens is 3. The fourth-order valence-corrected chi connectivity index (χ4v) is 4.66. The van der Waals surface area contributed by atoms with Gasteiger partial charge in [0.1, 0.15) is 5.69 Å². The van der Waals surface area contributed by atoms with E-state index < -0.39 is 11.7 Å². The van der Waals surface area contributed by atoms with E-state index in [1.54, 1.807) is 24.3 Å². The summed E-state index contributed by atoms with van der Waals surface area (Å²) in [6.07, 6.45) is 0.186. The van der Waals surface area contributed by atoms with E-state index in [0.717, 1.165) is 22.1 Å². The van der Waals surface area contributed by atoms with Crippen LogP contribution in [0.1, 0.15) is 21.6 Å². The van der Waals surface area contributed by atoms with Crippen molar-refractivity contribution in [1.29, 1.82) is 5.26 Å². The summed E-state index contributed by atoms with van der Waals surface area (Å²) in [5.41, 5.74) is 5.37. The molecule has 0 spiro atoms. The molecule has 0 saturated heterocycles. The third-order valence-electron chi connectivity index (χ3n) is 6.69. The largest absolute Gasteiger partial charge is 0.439 e. The Morgan fingerprint density at radius 1 is 0.833 bits per heavy atom. The number of rotatable bonds is 7. The van der Waals surface area contributed by atoms with Crippen LogP contribution in [0.15, 0.2) is 106 Å². The zero-order valence-corrected chi connectivity index (χ0v) is 22.0. The van der Waals surface area contributed by atoms with Crippen molar-refractivity contribution in [2.45, 2.75) is 6.42 Å². The molecule has 6 aromatic rings. The molecule has 0 aliphatic heterocycles. The maximum atomic E-state index is 13.2. The molecule has 2 amide bonds. The monoisotopic (exact) mass is 554 g/mol. The number of H-pyrrole nitrogens is 2. The minimum atomic E-state index is -0.765. The van der Waals surface area contributed by atoms with Crippen LogP contribution in [0.5, 0.6) is 0 Å². The molecule has 42 heavy (non-hydrogen) atoms. The molecule has 0 radical (unpaired) electrons. The fraction of sp³-hybridized carbons (Fsp3) is 0.0312. The van der Waals surface area contributed by atoms with E-state index in [9.17, 15) is 19.6 Å². The lowest BCUT2D eigenvalue weighted by Crippen LogP contribution is -2.15. The van der Waals surface area contributed by atoms with Gasteiger partial charge in [0, 0.05) is 10.9 Å². The predicted molar refractivity (Wildman–Crippen MR) is 158 cm³/mol. The van der Waals surface area contributed by atoms with E-state index in [1.165, 1.54) is 12.1 Å². The van der Waals surface area contributed by atoms with E-state index >= 15 is 0 Å². The van der Waals surface area contributed by atoms with Gasteiger partial charge in [-0.1, -0.05) is 71.9 Å². The van der Waals surface area contributed by atoms with Gasteiger partial charge in [0.2, 0.25) is 5.91 Å². The van der Waals surface area contributed by atoms with E-state index in [4.69, 9.17) is 0 Å². The van der Waals surface area contributed by atoms with Crippen LogP contribution in [0.3, 0.4) is 0 Å². The molecule has 0 aliphatic rings. The summed E-state index contributed by atoms with van der Waals surface area (Å²) in [6.45, 7) is 0. The molecule has 10 nitrogen and oxygen atoms in total. The number of carbonyl (C=O) groups is 2. The van der Waals surface area contributed by atoms with Gasteiger partial charge in [0.25, 0.3) is 5.91 Å². The summed E-state index contributed by atoms with van der Waals surface area (Å²) in [5, 5.41) is 19.4. The lowest BCUT2D eigenvalue weighted by molar-refractivity contribution is -0.115. The standard InChI is InChI=1S/C32H22N6O4/c33-18-20-11-14-25(24(15-20)30-37-32(41)42-38-30)36-31(40)27-17-23-7-4-8-26(29(23)35-27)34-28(39)16-19-9-12-22(13-10-19)21-5-2-1-3-6-21/h1-15,17,35H,16H2,(H,34,39)(H,36,40)(H,37,38,41). The highest BCUT2D eigenvalue weighted by molar-refractivity contribution is 6.09. The molecule has 0 aliphatic carbocycles. The Labute approximate surface area is 238 Å². The molecule has 204 valence electrons. The molecule has 2 heterocycles. The number of hydrogen-bond acceptors (Lipinski definition) is 6. The average Bonchev–Trinajstić information content (AvgIpc) is 3.65. The molecule has 0 saturated carbocycles. The van der Waals surface area contributed by atoms with Crippen LogP contribution in [0, 0.1) is 11.3 Å². The van der Waals surface area contributed by atoms with Crippen molar-refractivity contribution in [2.24, 2.45) is 0 Å². The Kier molecular flexibility index (Phi) is 6.89. The topological polar surface area (TPSA) is 157 Å². The molecule has 10 heteroatoms. The van der Waals surface area contributed by atoms with Crippen molar-refractivity contribution in [3.05, 3.63) is 124 Å². The Hall–Kier alpha value is -6.21. The minimum absolute atomic E-state index is 0.0729. The van der Waals surface area contributed by atoms with Gasteiger partial charge < -0.3 is 15.6 Å². The lowest BCUT2D eigenvalue weighted by atomic mass is 10.0. The molecule has 4 aromatic carbocycles. The highest BCUT2D eigenvalue weighted by Gasteiger charge is 2.17. The first-order valence-corrected chi connectivity index (χ1v) is 12.9. The van der Waals surface area contributed by atoms with Gasteiger partial charge in [-0.25, -0.2) is 4.79 Å². The van der Waals surface area contributed by atoms with Gasteiger partial charge in [-0.2, -0.15) is 5.26 Å². The Morgan fingerprint density at radius 2 is 1.62 bits per heavy atom. The number of nitrogens with zero attached hydrogens (tertiary/aromatic N) is 2. The predicted octanol–water partition coefficient (Wildman–Crippen LogP) is 5.48. The number of carbonyl (C=O) groups excluding carboxylic acids is 2. The SMILES string of the molecule is N#Cc1ccc(NC(=O)c2cc3cccc(NC(=O)Cc4ccc(-c5ccccc5)cc4)c3[nH]2)c(-c2noc(=O)[nH]2)c1. The van der Waals surface area contributed by atoms with Crippen molar-refractivity contribution in [2.75, 3.05) is 10.6 Å². The zero-order valence-electron chi connectivity index (χ0n) is 22.0. The Morgan fingerprint density at radius 3 is 2.36 bits per heavy atom. The van der Waals surface area contributed by atoms with Gasteiger partial charge in [0.15, 0.2) is 5.82 Å². The van der Waals surface area contributed by atoms with Gasteiger partial charge in [0.05, 0.1) is 34.9 Å². The number of aromatic amines is 2. The second kappa shape index (κ2) is 11.1. The molecule has 6 rings (SSSR count). The molecule has 2 aromatic heterocycles. The smallest absolute Gasteiger partial charge is 0.349 e. The van der Waals surface area contributed by atoms with Crippen molar-refractivity contribution in [1.82, 2.24) is 15.1 Å².